The van der Waals surface area contributed by atoms with Crippen molar-refractivity contribution >= 4 is 23.3 Å². The van der Waals surface area contributed by atoms with Crippen molar-refractivity contribution in [3.05, 3.63) is 29.8 Å². The number of nitrogens with zero attached hydrogens (tertiary/aromatic N) is 1. The summed E-state index contributed by atoms with van der Waals surface area (Å²) in [5.41, 5.74) is 13.6. The molecule has 86 valence electrons. The molecule has 0 saturated carbocycles. The number of rotatable bonds is 3. The van der Waals surface area contributed by atoms with Crippen LogP contribution in [0.1, 0.15) is 12.0 Å². The van der Waals surface area contributed by atoms with E-state index in [1.165, 1.54) is 5.75 Å². The lowest BCUT2D eigenvalue weighted by Crippen LogP contribution is -2.22. The van der Waals surface area contributed by atoms with Crippen molar-refractivity contribution in [3.8, 4) is 0 Å². The van der Waals surface area contributed by atoms with E-state index < -0.39 is 0 Å². The van der Waals surface area contributed by atoms with E-state index in [0.29, 0.717) is 12.5 Å². The molecule has 1 aromatic carbocycles. The van der Waals surface area contributed by atoms with Gasteiger partial charge in [0.25, 0.3) is 0 Å². The first-order chi connectivity index (χ1) is 7.79. The number of aliphatic imine (C=N–C) groups is 1. The number of nitrogens with two attached hydrogens (primary N) is 2. The molecule has 0 aromatic heterocycles. The van der Waals surface area contributed by atoms with E-state index in [1.807, 2.05) is 36.0 Å². The molecule has 0 radical (unpaired) electrons. The van der Waals surface area contributed by atoms with Gasteiger partial charge in [0.05, 0.1) is 5.69 Å². The van der Waals surface area contributed by atoms with Gasteiger partial charge in [0.15, 0.2) is 0 Å². The quantitative estimate of drug-likeness (QED) is 0.621. The molecule has 2 rings (SSSR count). The van der Waals surface area contributed by atoms with Crippen LogP contribution in [0.5, 0.6) is 0 Å². The van der Waals surface area contributed by atoms with E-state index in [-0.39, 0.29) is 0 Å². The highest BCUT2D eigenvalue weighted by Crippen LogP contribution is 2.25. The smallest absolute Gasteiger partial charge is 0.104 e. The normalized spacial score (nSPS) is 21.3. The van der Waals surface area contributed by atoms with Crippen LogP contribution in [0.15, 0.2) is 29.3 Å². The standard InChI is InChI=1S/C12H17N3S/c13-7-9-2-1-3-11(6-9)15-12(14)10-4-5-16-8-10/h1-3,6,10H,4-5,7-8,13H2,(H2,14,15). The second kappa shape index (κ2) is 5.37. The van der Waals surface area contributed by atoms with Gasteiger partial charge in [-0.1, -0.05) is 12.1 Å². The summed E-state index contributed by atoms with van der Waals surface area (Å²) in [6.45, 7) is 0.544. The molecule has 0 bridgehead atoms. The van der Waals surface area contributed by atoms with Crippen molar-refractivity contribution in [2.75, 3.05) is 11.5 Å². The average Bonchev–Trinajstić information content (AvgIpc) is 2.83. The van der Waals surface area contributed by atoms with Crippen molar-refractivity contribution < 1.29 is 0 Å². The zero-order valence-corrected chi connectivity index (χ0v) is 10.0. The molecule has 1 saturated heterocycles. The SMILES string of the molecule is NCc1cccc(N=C(N)C2CCSC2)c1. The molecule has 4 heteroatoms. The highest BCUT2D eigenvalue weighted by atomic mass is 32.2. The summed E-state index contributed by atoms with van der Waals surface area (Å²) in [7, 11) is 0. The molecule has 1 heterocycles. The summed E-state index contributed by atoms with van der Waals surface area (Å²) in [5, 5.41) is 0. The fourth-order valence-electron chi connectivity index (χ4n) is 1.76. The van der Waals surface area contributed by atoms with Crippen molar-refractivity contribution in [1.29, 1.82) is 0 Å². The largest absolute Gasteiger partial charge is 0.387 e. The van der Waals surface area contributed by atoms with Gasteiger partial charge < -0.3 is 11.5 Å². The van der Waals surface area contributed by atoms with Gasteiger partial charge in [-0.05, 0) is 29.9 Å². The van der Waals surface area contributed by atoms with Gasteiger partial charge in [-0.2, -0.15) is 11.8 Å². The van der Waals surface area contributed by atoms with Crippen LogP contribution in [-0.2, 0) is 6.54 Å². The average molecular weight is 235 g/mol. The Bertz CT molecular complexity index is 384. The lowest BCUT2D eigenvalue weighted by atomic mass is 10.1. The molecule has 3 nitrogen and oxygen atoms in total. The van der Waals surface area contributed by atoms with E-state index in [2.05, 4.69) is 4.99 Å². The summed E-state index contributed by atoms with van der Waals surface area (Å²) >= 11 is 1.95. The molecule has 1 aliphatic heterocycles. The van der Waals surface area contributed by atoms with Gasteiger partial charge in [-0.15, -0.1) is 0 Å². The second-order valence-electron chi connectivity index (χ2n) is 3.97. The van der Waals surface area contributed by atoms with Crippen LogP contribution in [0.3, 0.4) is 0 Å². The van der Waals surface area contributed by atoms with Crippen LogP contribution in [0.2, 0.25) is 0 Å². The summed E-state index contributed by atoms with van der Waals surface area (Å²) in [5.74, 6) is 3.51. The van der Waals surface area contributed by atoms with Gasteiger partial charge in [0.2, 0.25) is 0 Å². The first-order valence-corrected chi connectivity index (χ1v) is 6.66. The predicted molar refractivity (Wildman–Crippen MR) is 71.0 cm³/mol. The predicted octanol–water partition coefficient (Wildman–Crippen LogP) is 1.89. The van der Waals surface area contributed by atoms with Crippen molar-refractivity contribution in [1.82, 2.24) is 0 Å². The lowest BCUT2D eigenvalue weighted by Gasteiger charge is -2.07. The molecule has 16 heavy (non-hydrogen) atoms. The Morgan fingerprint density at radius 3 is 3.06 bits per heavy atom. The maximum Gasteiger partial charge on any atom is 0.104 e. The third-order valence-corrected chi connectivity index (χ3v) is 3.91. The summed E-state index contributed by atoms with van der Waals surface area (Å²) < 4.78 is 0. The Kier molecular flexibility index (Phi) is 3.85. The van der Waals surface area contributed by atoms with Crippen LogP contribution >= 0.6 is 11.8 Å². The van der Waals surface area contributed by atoms with E-state index in [0.717, 1.165) is 29.3 Å². The van der Waals surface area contributed by atoms with Crippen molar-refractivity contribution in [2.24, 2.45) is 22.4 Å². The number of hydrogen-bond donors (Lipinski definition) is 2. The molecular weight excluding hydrogens is 218 g/mol. The van der Waals surface area contributed by atoms with Crippen LogP contribution < -0.4 is 11.5 Å². The molecule has 1 unspecified atom stereocenters. The molecular formula is C12H17N3S. The first kappa shape index (κ1) is 11.5. The third kappa shape index (κ3) is 2.77. The number of amidine groups is 1. The van der Waals surface area contributed by atoms with Crippen LogP contribution in [-0.4, -0.2) is 17.3 Å². The highest BCUT2D eigenvalue weighted by Gasteiger charge is 2.18. The lowest BCUT2D eigenvalue weighted by molar-refractivity contribution is 0.783. The fourth-order valence-corrected chi connectivity index (χ4v) is 3.00. The Labute approximate surface area is 100 Å². The zero-order chi connectivity index (χ0) is 11.4. The van der Waals surface area contributed by atoms with Gasteiger partial charge in [0, 0.05) is 18.2 Å². The van der Waals surface area contributed by atoms with E-state index in [1.54, 1.807) is 0 Å². The zero-order valence-electron chi connectivity index (χ0n) is 9.23. The Morgan fingerprint density at radius 1 is 1.50 bits per heavy atom. The Morgan fingerprint density at radius 2 is 2.38 bits per heavy atom. The number of thioether (sulfide) groups is 1. The fraction of sp³-hybridized carbons (Fsp3) is 0.417. The summed E-state index contributed by atoms with van der Waals surface area (Å²) in [4.78, 5) is 4.48. The summed E-state index contributed by atoms with van der Waals surface area (Å²) in [6.07, 6.45) is 1.15. The highest BCUT2D eigenvalue weighted by molar-refractivity contribution is 7.99. The van der Waals surface area contributed by atoms with Gasteiger partial charge in [-0.25, -0.2) is 4.99 Å². The number of hydrogen-bond acceptors (Lipinski definition) is 3. The molecule has 1 fully saturated rings. The minimum atomic E-state index is 0.450. The van der Waals surface area contributed by atoms with Crippen LogP contribution in [0, 0.1) is 5.92 Å². The topological polar surface area (TPSA) is 64.4 Å². The van der Waals surface area contributed by atoms with Crippen molar-refractivity contribution in [3.63, 3.8) is 0 Å². The monoisotopic (exact) mass is 235 g/mol. The molecule has 0 spiro atoms. The molecule has 1 aromatic rings. The maximum atomic E-state index is 6.01. The Balaban J connectivity index is 2.14. The molecule has 4 N–H and O–H groups in total. The third-order valence-electron chi connectivity index (χ3n) is 2.75. The molecule has 0 amide bonds. The first-order valence-electron chi connectivity index (χ1n) is 5.50. The van der Waals surface area contributed by atoms with Crippen LogP contribution in [0.25, 0.3) is 0 Å². The summed E-state index contributed by atoms with van der Waals surface area (Å²) in [6, 6.07) is 7.93. The van der Waals surface area contributed by atoms with Crippen LogP contribution in [0.4, 0.5) is 5.69 Å². The minimum absolute atomic E-state index is 0.450. The second-order valence-corrected chi connectivity index (χ2v) is 5.12. The van der Waals surface area contributed by atoms with Gasteiger partial charge in [0.1, 0.15) is 5.84 Å². The maximum absolute atomic E-state index is 6.01. The molecule has 0 aliphatic carbocycles. The number of benzene rings is 1. The van der Waals surface area contributed by atoms with E-state index in [4.69, 9.17) is 11.5 Å². The minimum Gasteiger partial charge on any atom is -0.387 e. The van der Waals surface area contributed by atoms with E-state index in [9.17, 15) is 0 Å². The Hall–Kier alpha value is -1.00. The van der Waals surface area contributed by atoms with E-state index >= 15 is 0 Å². The van der Waals surface area contributed by atoms with Gasteiger partial charge in [-0.3, -0.25) is 0 Å². The molecule has 1 atom stereocenters. The molecule has 1 aliphatic rings. The van der Waals surface area contributed by atoms with Gasteiger partial charge >= 0.3 is 0 Å². The van der Waals surface area contributed by atoms with Crippen molar-refractivity contribution in [2.45, 2.75) is 13.0 Å².